The molecule has 2 fully saturated rings. The molecule has 23 heavy (non-hydrogen) atoms. The largest absolute Gasteiger partial charge is 0.383 e. The highest BCUT2D eigenvalue weighted by molar-refractivity contribution is 7.09. The van der Waals surface area contributed by atoms with E-state index in [4.69, 9.17) is 9.47 Å². The molecule has 2 saturated heterocycles. The number of hydrogen-bond donors (Lipinski definition) is 1. The number of nitrogens with zero attached hydrogens (tertiary/aromatic N) is 2. The highest BCUT2D eigenvalue weighted by Crippen LogP contribution is 2.36. The van der Waals surface area contributed by atoms with Crippen LogP contribution in [0.1, 0.15) is 11.4 Å². The van der Waals surface area contributed by atoms with Crippen LogP contribution in [0.4, 0.5) is 0 Å². The van der Waals surface area contributed by atoms with Crippen molar-refractivity contribution in [2.24, 2.45) is 17.8 Å². The van der Waals surface area contributed by atoms with Gasteiger partial charge in [-0.15, -0.1) is 11.3 Å². The first-order valence-electron chi connectivity index (χ1n) is 8.20. The number of methoxy groups -OCH3 is 1. The zero-order chi connectivity index (χ0) is 16.1. The van der Waals surface area contributed by atoms with Crippen molar-refractivity contribution < 1.29 is 14.3 Å². The van der Waals surface area contributed by atoms with Gasteiger partial charge in [-0.3, -0.25) is 9.69 Å². The molecular formula is C16H25N3O3S. The van der Waals surface area contributed by atoms with Crippen molar-refractivity contribution in [2.45, 2.75) is 13.0 Å². The minimum atomic E-state index is 0.106. The van der Waals surface area contributed by atoms with Gasteiger partial charge in [-0.05, 0) is 17.8 Å². The third-order valence-electron chi connectivity index (χ3n) is 4.75. The van der Waals surface area contributed by atoms with Gasteiger partial charge in [0.2, 0.25) is 5.91 Å². The Hall–Kier alpha value is -1.02. The molecule has 7 heteroatoms. The molecule has 6 nitrogen and oxygen atoms in total. The normalized spacial score (nSPS) is 27.8. The van der Waals surface area contributed by atoms with Gasteiger partial charge in [0.15, 0.2) is 0 Å². The van der Waals surface area contributed by atoms with Gasteiger partial charge in [0.1, 0.15) is 5.01 Å². The van der Waals surface area contributed by atoms with Crippen molar-refractivity contribution in [3.05, 3.63) is 16.6 Å². The first-order valence-corrected chi connectivity index (χ1v) is 9.08. The molecule has 0 saturated carbocycles. The molecule has 3 heterocycles. The molecule has 0 aliphatic carbocycles. The summed E-state index contributed by atoms with van der Waals surface area (Å²) in [5, 5.41) is 6.10. The Bertz CT molecular complexity index is 497. The first-order chi connectivity index (χ1) is 11.3. The van der Waals surface area contributed by atoms with Crippen LogP contribution < -0.4 is 5.32 Å². The van der Waals surface area contributed by atoms with Crippen molar-refractivity contribution in [1.29, 1.82) is 0 Å². The average Bonchev–Trinajstić information content (AvgIpc) is 3.17. The van der Waals surface area contributed by atoms with E-state index >= 15 is 0 Å². The molecule has 1 aromatic heterocycles. The fraction of sp³-hybridized carbons (Fsp3) is 0.750. The molecular weight excluding hydrogens is 314 g/mol. The number of likely N-dealkylation sites (tertiary alicyclic amines) is 1. The number of carbonyl (C=O) groups excluding carboxylic acids is 1. The van der Waals surface area contributed by atoms with Crippen LogP contribution in [-0.2, 0) is 20.8 Å². The zero-order valence-corrected chi connectivity index (χ0v) is 14.4. The Balaban J connectivity index is 1.51. The van der Waals surface area contributed by atoms with Crippen LogP contribution in [-0.4, -0.2) is 62.4 Å². The Morgan fingerprint density at radius 3 is 3.22 bits per heavy atom. The summed E-state index contributed by atoms with van der Waals surface area (Å²) in [7, 11) is 1.64. The third kappa shape index (κ3) is 4.50. The van der Waals surface area contributed by atoms with Crippen LogP contribution in [0.25, 0.3) is 0 Å². The van der Waals surface area contributed by atoms with Gasteiger partial charge in [0.05, 0.1) is 26.4 Å². The van der Waals surface area contributed by atoms with Crippen LogP contribution in [0.5, 0.6) is 0 Å². The number of amides is 1. The van der Waals surface area contributed by atoms with Gasteiger partial charge in [-0.25, -0.2) is 4.98 Å². The van der Waals surface area contributed by atoms with E-state index in [0.717, 1.165) is 26.2 Å². The standard InChI is InChI=1S/C16H25N3O3S/c1-21-4-2-17-15(20)6-12-10-22-11-13-7-19(8-14(12)13)9-16-18-3-5-23-16/h3,5,12-14H,2,4,6-11H2,1H3,(H,17,20)/t12-,13-,14+/m1/s1. The summed E-state index contributed by atoms with van der Waals surface area (Å²) in [4.78, 5) is 18.9. The maximum atomic E-state index is 12.1. The topological polar surface area (TPSA) is 63.7 Å². The van der Waals surface area contributed by atoms with Gasteiger partial charge >= 0.3 is 0 Å². The molecule has 1 N–H and O–H groups in total. The lowest BCUT2D eigenvalue weighted by Crippen LogP contribution is -2.38. The predicted octanol–water partition coefficient (Wildman–Crippen LogP) is 0.990. The minimum Gasteiger partial charge on any atom is -0.383 e. The molecule has 2 aliphatic rings. The van der Waals surface area contributed by atoms with E-state index in [1.165, 1.54) is 5.01 Å². The fourth-order valence-corrected chi connectivity index (χ4v) is 4.32. The Morgan fingerprint density at radius 2 is 2.43 bits per heavy atom. The highest BCUT2D eigenvalue weighted by Gasteiger charge is 2.41. The highest BCUT2D eigenvalue weighted by atomic mass is 32.1. The molecule has 3 rings (SSSR count). The summed E-state index contributed by atoms with van der Waals surface area (Å²) >= 11 is 1.71. The number of fused-ring (bicyclic) bond motifs is 1. The molecule has 1 aromatic rings. The fourth-order valence-electron chi connectivity index (χ4n) is 3.66. The number of nitrogens with one attached hydrogen (secondary N) is 1. The number of ether oxygens (including phenoxy) is 2. The second kappa shape index (κ2) is 8.19. The van der Waals surface area contributed by atoms with E-state index in [1.54, 1.807) is 18.4 Å². The molecule has 0 unspecified atom stereocenters. The first kappa shape index (κ1) is 16.8. The average molecular weight is 339 g/mol. The quantitative estimate of drug-likeness (QED) is 0.751. The Kier molecular flexibility index (Phi) is 5.99. The number of hydrogen-bond acceptors (Lipinski definition) is 6. The Morgan fingerprint density at radius 1 is 1.52 bits per heavy atom. The van der Waals surface area contributed by atoms with Crippen LogP contribution in [0.3, 0.4) is 0 Å². The summed E-state index contributed by atoms with van der Waals surface area (Å²) in [6.45, 7) is 5.66. The molecule has 1 amide bonds. The summed E-state index contributed by atoms with van der Waals surface area (Å²) in [5.41, 5.74) is 0. The molecule has 0 spiro atoms. The van der Waals surface area contributed by atoms with Crippen molar-refractivity contribution in [3.63, 3.8) is 0 Å². The van der Waals surface area contributed by atoms with E-state index in [2.05, 4.69) is 15.2 Å². The lowest BCUT2D eigenvalue weighted by molar-refractivity contribution is -0.124. The van der Waals surface area contributed by atoms with E-state index < -0.39 is 0 Å². The SMILES string of the molecule is COCCNC(=O)C[C@@H]1COC[C@H]2CN(Cc3nccs3)C[C@@H]12. The van der Waals surface area contributed by atoms with Crippen molar-refractivity contribution in [2.75, 3.05) is 46.6 Å². The predicted molar refractivity (Wildman–Crippen MR) is 88.2 cm³/mol. The van der Waals surface area contributed by atoms with Crippen molar-refractivity contribution in [1.82, 2.24) is 15.2 Å². The second-order valence-corrected chi connectivity index (χ2v) is 7.37. The monoisotopic (exact) mass is 339 g/mol. The summed E-state index contributed by atoms with van der Waals surface area (Å²) in [5.74, 6) is 1.52. The van der Waals surface area contributed by atoms with E-state index in [9.17, 15) is 4.79 Å². The van der Waals surface area contributed by atoms with Gasteiger partial charge in [-0.2, -0.15) is 0 Å². The number of carbonyl (C=O) groups is 1. The van der Waals surface area contributed by atoms with E-state index in [0.29, 0.717) is 43.9 Å². The minimum absolute atomic E-state index is 0.106. The third-order valence-corrected chi connectivity index (χ3v) is 5.52. The smallest absolute Gasteiger partial charge is 0.220 e. The molecule has 0 aromatic carbocycles. The van der Waals surface area contributed by atoms with Gasteiger partial charge in [-0.1, -0.05) is 0 Å². The summed E-state index contributed by atoms with van der Waals surface area (Å²) < 4.78 is 10.7. The van der Waals surface area contributed by atoms with Gasteiger partial charge in [0.25, 0.3) is 0 Å². The summed E-state index contributed by atoms with van der Waals surface area (Å²) in [6, 6.07) is 0. The lowest BCUT2D eigenvalue weighted by Gasteiger charge is -2.32. The van der Waals surface area contributed by atoms with Crippen molar-refractivity contribution in [3.8, 4) is 0 Å². The van der Waals surface area contributed by atoms with Gasteiger partial charge in [0, 0.05) is 44.7 Å². The molecule has 3 atom stereocenters. The van der Waals surface area contributed by atoms with E-state index in [1.807, 2.05) is 11.6 Å². The maximum absolute atomic E-state index is 12.1. The molecule has 2 aliphatic heterocycles. The van der Waals surface area contributed by atoms with Gasteiger partial charge < -0.3 is 14.8 Å². The number of thiazole rings is 1. The number of rotatable bonds is 7. The van der Waals surface area contributed by atoms with Crippen LogP contribution in [0.15, 0.2) is 11.6 Å². The van der Waals surface area contributed by atoms with E-state index in [-0.39, 0.29) is 5.91 Å². The Labute approximate surface area is 141 Å². The van der Waals surface area contributed by atoms with Crippen LogP contribution >= 0.6 is 11.3 Å². The lowest BCUT2D eigenvalue weighted by atomic mass is 9.81. The van der Waals surface area contributed by atoms with Crippen molar-refractivity contribution >= 4 is 17.2 Å². The number of aromatic nitrogens is 1. The van der Waals surface area contributed by atoms with Crippen LogP contribution in [0, 0.1) is 17.8 Å². The maximum Gasteiger partial charge on any atom is 0.220 e. The second-order valence-electron chi connectivity index (χ2n) is 6.39. The zero-order valence-electron chi connectivity index (χ0n) is 13.6. The summed E-state index contributed by atoms with van der Waals surface area (Å²) in [6.07, 6.45) is 2.41. The van der Waals surface area contributed by atoms with Crippen LogP contribution in [0.2, 0.25) is 0 Å². The molecule has 0 bridgehead atoms. The molecule has 0 radical (unpaired) electrons. The molecule has 128 valence electrons.